The molecule has 0 saturated heterocycles. The fourth-order valence-corrected chi connectivity index (χ4v) is 2.43. The predicted molar refractivity (Wildman–Crippen MR) is 68.2 cm³/mol. The van der Waals surface area contributed by atoms with Gasteiger partial charge in [0.2, 0.25) is 5.89 Å². The number of aryl methyl sites for hydroxylation is 1. The molecule has 1 N–H and O–H groups in total. The summed E-state index contributed by atoms with van der Waals surface area (Å²) in [5, 5.41) is 13.1. The Balaban J connectivity index is 2.04. The first-order valence-corrected chi connectivity index (χ1v) is 6.29. The van der Waals surface area contributed by atoms with E-state index in [1.165, 1.54) is 10.4 Å². The normalized spacial score (nSPS) is 10.8. The Kier molecular flexibility index (Phi) is 3.75. The molecule has 0 aromatic carbocycles. The van der Waals surface area contributed by atoms with Crippen LogP contribution in [0.25, 0.3) is 0 Å². The average Bonchev–Trinajstić information content (AvgIpc) is 2.90. The first-order valence-electron chi connectivity index (χ1n) is 5.42. The Morgan fingerprint density at radius 3 is 2.94 bits per heavy atom. The van der Waals surface area contributed by atoms with Gasteiger partial charge in [-0.1, -0.05) is 5.10 Å². The van der Waals surface area contributed by atoms with Crippen molar-refractivity contribution < 1.29 is 4.42 Å². The average molecular weight is 252 g/mol. The van der Waals surface area contributed by atoms with Crippen molar-refractivity contribution in [3.05, 3.63) is 27.8 Å². The molecule has 5 nitrogen and oxygen atoms in total. The number of hydrogen-bond donors (Lipinski definition) is 1. The molecule has 0 spiro atoms. The monoisotopic (exact) mass is 252 g/mol. The third kappa shape index (κ3) is 2.83. The Hall–Kier alpha value is -1.40. The number of nitrogens with zero attached hydrogens (tertiary/aromatic N) is 3. The fourth-order valence-electron chi connectivity index (χ4n) is 1.47. The lowest BCUT2D eigenvalue weighted by Crippen LogP contribution is -2.16. The highest BCUT2D eigenvalue weighted by atomic mass is 32.1. The van der Waals surface area contributed by atoms with Crippen LogP contribution in [-0.2, 0) is 13.1 Å². The van der Waals surface area contributed by atoms with Crippen molar-refractivity contribution in [3.63, 3.8) is 0 Å². The van der Waals surface area contributed by atoms with Gasteiger partial charge in [0.1, 0.15) is 0 Å². The highest BCUT2D eigenvalue weighted by molar-refractivity contribution is 7.10. The number of aromatic nitrogens is 2. The zero-order valence-electron chi connectivity index (χ0n) is 10.2. The van der Waals surface area contributed by atoms with Crippen LogP contribution in [0.5, 0.6) is 0 Å². The molecule has 2 aromatic rings. The Morgan fingerprint density at radius 1 is 1.47 bits per heavy atom. The topological polar surface area (TPSA) is 54.2 Å². The van der Waals surface area contributed by atoms with E-state index in [0.29, 0.717) is 18.5 Å². The van der Waals surface area contributed by atoms with E-state index in [1.54, 1.807) is 11.3 Å². The summed E-state index contributed by atoms with van der Waals surface area (Å²) in [5.74, 6) is 0.609. The molecule has 0 amide bonds. The second-order valence-corrected chi connectivity index (χ2v) is 4.89. The number of thiophene rings is 1. The van der Waals surface area contributed by atoms with Gasteiger partial charge < -0.3 is 14.6 Å². The molecule has 0 aliphatic rings. The quantitative estimate of drug-likeness (QED) is 0.879. The summed E-state index contributed by atoms with van der Waals surface area (Å²) in [6.07, 6.45) is 0. The standard InChI is InChI=1S/C11H16N4OS/c1-8-4-5-17-9(8)7-15(3)11-14-13-10(16-11)6-12-2/h4-5,12H,6-7H2,1-3H3. The maximum absolute atomic E-state index is 5.52. The van der Waals surface area contributed by atoms with Crippen LogP contribution in [0.15, 0.2) is 15.9 Å². The van der Waals surface area contributed by atoms with Crippen LogP contribution in [0.3, 0.4) is 0 Å². The molecule has 0 radical (unpaired) electrons. The zero-order chi connectivity index (χ0) is 12.3. The van der Waals surface area contributed by atoms with Gasteiger partial charge in [-0.15, -0.1) is 16.4 Å². The van der Waals surface area contributed by atoms with Crippen LogP contribution in [0, 0.1) is 6.92 Å². The Labute approximate surface area is 104 Å². The lowest BCUT2D eigenvalue weighted by molar-refractivity contribution is 0.476. The summed E-state index contributed by atoms with van der Waals surface area (Å²) < 4.78 is 5.52. The molecule has 2 heterocycles. The van der Waals surface area contributed by atoms with E-state index in [0.717, 1.165) is 6.54 Å². The van der Waals surface area contributed by atoms with Crippen LogP contribution in [0.4, 0.5) is 6.01 Å². The van der Waals surface area contributed by atoms with Crippen LogP contribution < -0.4 is 10.2 Å². The number of rotatable bonds is 5. The number of nitrogens with one attached hydrogen (secondary N) is 1. The molecule has 2 aromatic heterocycles. The van der Waals surface area contributed by atoms with Crippen molar-refractivity contribution >= 4 is 17.4 Å². The third-order valence-electron chi connectivity index (χ3n) is 2.46. The molecular formula is C11H16N4OS. The molecule has 0 bridgehead atoms. The van der Waals surface area contributed by atoms with E-state index in [-0.39, 0.29) is 0 Å². The van der Waals surface area contributed by atoms with Gasteiger partial charge in [0, 0.05) is 11.9 Å². The minimum absolute atomic E-state index is 0.558. The first-order chi connectivity index (χ1) is 8.20. The van der Waals surface area contributed by atoms with Gasteiger partial charge in [0.25, 0.3) is 0 Å². The lowest BCUT2D eigenvalue weighted by atomic mass is 10.3. The molecule has 92 valence electrons. The minimum atomic E-state index is 0.558. The molecule has 6 heteroatoms. The molecule has 0 aliphatic carbocycles. The third-order valence-corrected chi connectivity index (χ3v) is 3.47. The molecule has 0 fully saturated rings. The molecular weight excluding hydrogens is 236 g/mol. The van der Waals surface area contributed by atoms with E-state index in [9.17, 15) is 0 Å². The number of anilines is 1. The zero-order valence-corrected chi connectivity index (χ0v) is 11.0. The van der Waals surface area contributed by atoms with Crippen molar-refractivity contribution in [2.24, 2.45) is 0 Å². The summed E-state index contributed by atoms with van der Waals surface area (Å²) in [4.78, 5) is 3.28. The molecule has 0 unspecified atom stereocenters. The molecule has 0 atom stereocenters. The first kappa shape index (κ1) is 12.1. The van der Waals surface area contributed by atoms with Crippen LogP contribution in [-0.4, -0.2) is 24.3 Å². The molecule has 0 aliphatic heterocycles. The van der Waals surface area contributed by atoms with Crippen LogP contribution >= 0.6 is 11.3 Å². The van der Waals surface area contributed by atoms with Crippen LogP contribution in [0.2, 0.25) is 0 Å². The van der Waals surface area contributed by atoms with Crippen molar-refractivity contribution in [1.29, 1.82) is 0 Å². The minimum Gasteiger partial charge on any atom is -0.407 e. The van der Waals surface area contributed by atoms with Gasteiger partial charge in [-0.2, -0.15) is 0 Å². The van der Waals surface area contributed by atoms with Crippen molar-refractivity contribution in [3.8, 4) is 0 Å². The Bertz CT molecular complexity index is 479. The van der Waals surface area contributed by atoms with E-state index >= 15 is 0 Å². The highest BCUT2D eigenvalue weighted by Crippen LogP contribution is 2.20. The predicted octanol–water partition coefficient (Wildman–Crippen LogP) is 1.80. The fraction of sp³-hybridized carbons (Fsp3) is 0.455. The largest absolute Gasteiger partial charge is 0.407 e. The summed E-state index contributed by atoms with van der Waals surface area (Å²) in [7, 11) is 3.80. The van der Waals surface area contributed by atoms with E-state index in [1.807, 2.05) is 19.0 Å². The molecule has 2 rings (SSSR count). The van der Waals surface area contributed by atoms with Crippen molar-refractivity contribution in [2.75, 3.05) is 19.0 Å². The van der Waals surface area contributed by atoms with Gasteiger partial charge in [0.15, 0.2) is 0 Å². The van der Waals surface area contributed by atoms with Gasteiger partial charge in [-0.3, -0.25) is 0 Å². The maximum atomic E-state index is 5.52. The summed E-state index contributed by atoms with van der Waals surface area (Å²) in [6, 6.07) is 2.68. The summed E-state index contributed by atoms with van der Waals surface area (Å²) in [5.41, 5.74) is 1.30. The van der Waals surface area contributed by atoms with Gasteiger partial charge >= 0.3 is 6.01 Å². The number of hydrogen-bond acceptors (Lipinski definition) is 6. The van der Waals surface area contributed by atoms with Gasteiger partial charge in [-0.05, 0) is 31.0 Å². The van der Waals surface area contributed by atoms with Gasteiger partial charge in [-0.25, -0.2) is 0 Å². The van der Waals surface area contributed by atoms with Gasteiger partial charge in [0.05, 0.1) is 13.1 Å². The van der Waals surface area contributed by atoms with E-state index in [4.69, 9.17) is 4.42 Å². The highest BCUT2D eigenvalue weighted by Gasteiger charge is 2.12. The van der Waals surface area contributed by atoms with Crippen molar-refractivity contribution in [2.45, 2.75) is 20.0 Å². The maximum Gasteiger partial charge on any atom is 0.318 e. The SMILES string of the molecule is CNCc1nnc(N(C)Cc2sccc2C)o1. The Morgan fingerprint density at radius 2 is 2.29 bits per heavy atom. The van der Waals surface area contributed by atoms with Crippen molar-refractivity contribution in [1.82, 2.24) is 15.5 Å². The second kappa shape index (κ2) is 5.29. The molecule has 17 heavy (non-hydrogen) atoms. The lowest BCUT2D eigenvalue weighted by Gasteiger charge is -2.12. The molecule has 0 saturated carbocycles. The second-order valence-electron chi connectivity index (χ2n) is 3.89. The van der Waals surface area contributed by atoms with Crippen LogP contribution in [0.1, 0.15) is 16.3 Å². The van der Waals surface area contributed by atoms with E-state index in [2.05, 4.69) is 33.9 Å². The smallest absolute Gasteiger partial charge is 0.318 e. The summed E-state index contributed by atoms with van der Waals surface area (Å²) >= 11 is 1.75. The summed E-state index contributed by atoms with van der Waals surface area (Å²) in [6.45, 7) is 3.50. The van der Waals surface area contributed by atoms with E-state index < -0.39 is 0 Å².